The molecular weight excluding hydrogens is 434 g/mol. The number of carbonyl (C=O) groups excluding carboxylic acids is 5. The average Bonchev–Trinajstić information content (AvgIpc) is 2.74. The number of nitrogens with one attached hydrogen (secondary N) is 1. The molecule has 0 bridgehead atoms. The highest BCUT2D eigenvalue weighted by molar-refractivity contribution is 6.10. The number of benzene rings is 2. The molecule has 33 heavy (non-hydrogen) atoms. The van der Waals surface area contributed by atoms with Gasteiger partial charge in [-0.05, 0) is 32.0 Å². The molecule has 0 aliphatic rings. The van der Waals surface area contributed by atoms with E-state index in [1.54, 1.807) is 26.0 Å². The second-order valence-electron chi connectivity index (χ2n) is 6.47. The smallest absolute Gasteiger partial charge is 0.342 e. The number of carbonyl (C=O) groups is 5. The fraction of sp³-hybridized carbons (Fsp3) is 0.261. The average molecular weight is 457 g/mol. The van der Waals surface area contributed by atoms with E-state index in [-0.39, 0.29) is 47.1 Å². The lowest BCUT2D eigenvalue weighted by molar-refractivity contribution is -0.133. The zero-order chi connectivity index (χ0) is 24.5. The molecule has 2 aromatic rings. The normalized spacial score (nSPS) is 10.1. The summed E-state index contributed by atoms with van der Waals surface area (Å²) >= 11 is 0. The predicted molar refractivity (Wildman–Crippen MR) is 115 cm³/mol. The van der Waals surface area contributed by atoms with Crippen molar-refractivity contribution in [1.82, 2.24) is 0 Å². The number of ether oxygens (including phenoxy) is 4. The molecule has 2 aromatic carbocycles. The van der Waals surface area contributed by atoms with Gasteiger partial charge in [0.25, 0.3) is 5.91 Å². The SMILES string of the molecule is CCOC(=O)c1ccccc1NC(=O)c1cc(OC(C)=O)c(C(=O)OCC)cc1OC(C)=O. The van der Waals surface area contributed by atoms with Gasteiger partial charge < -0.3 is 24.3 Å². The van der Waals surface area contributed by atoms with Crippen LogP contribution in [-0.4, -0.2) is 43.0 Å². The van der Waals surface area contributed by atoms with E-state index in [9.17, 15) is 24.0 Å². The summed E-state index contributed by atoms with van der Waals surface area (Å²) in [5, 5.41) is 2.55. The van der Waals surface area contributed by atoms with Gasteiger partial charge in [-0.3, -0.25) is 14.4 Å². The van der Waals surface area contributed by atoms with Crippen LogP contribution >= 0.6 is 0 Å². The molecule has 0 fully saturated rings. The maximum absolute atomic E-state index is 13.1. The van der Waals surface area contributed by atoms with E-state index in [0.29, 0.717) is 0 Å². The maximum atomic E-state index is 13.1. The molecule has 1 amide bonds. The van der Waals surface area contributed by atoms with Gasteiger partial charge in [0.05, 0.1) is 30.0 Å². The largest absolute Gasteiger partial charge is 0.462 e. The van der Waals surface area contributed by atoms with Crippen LogP contribution in [0.25, 0.3) is 0 Å². The van der Waals surface area contributed by atoms with Crippen LogP contribution in [-0.2, 0) is 19.1 Å². The van der Waals surface area contributed by atoms with Crippen LogP contribution < -0.4 is 14.8 Å². The van der Waals surface area contributed by atoms with E-state index < -0.39 is 29.8 Å². The van der Waals surface area contributed by atoms with Gasteiger partial charge in [0.1, 0.15) is 17.1 Å². The quantitative estimate of drug-likeness (QED) is 0.468. The van der Waals surface area contributed by atoms with Gasteiger partial charge in [-0.15, -0.1) is 0 Å². The minimum atomic E-state index is -0.846. The van der Waals surface area contributed by atoms with Crippen molar-refractivity contribution in [2.45, 2.75) is 27.7 Å². The van der Waals surface area contributed by atoms with Gasteiger partial charge in [0.2, 0.25) is 0 Å². The summed E-state index contributed by atoms with van der Waals surface area (Å²) in [6.45, 7) is 5.63. The first-order valence-corrected chi connectivity index (χ1v) is 9.97. The molecule has 0 aliphatic heterocycles. The van der Waals surface area contributed by atoms with Crippen molar-refractivity contribution in [3.63, 3.8) is 0 Å². The Morgan fingerprint density at radius 2 is 1.21 bits per heavy atom. The van der Waals surface area contributed by atoms with Crippen molar-refractivity contribution < 1.29 is 42.9 Å². The van der Waals surface area contributed by atoms with Crippen LogP contribution in [0.3, 0.4) is 0 Å². The molecule has 0 aliphatic carbocycles. The van der Waals surface area contributed by atoms with Crippen LogP contribution in [0, 0.1) is 0 Å². The number of para-hydroxylation sites is 1. The highest BCUT2D eigenvalue weighted by Gasteiger charge is 2.25. The zero-order valence-corrected chi connectivity index (χ0v) is 18.6. The summed E-state index contributed by atoms with van der Waals surface area (Å²) in [6.07, 6.45) is 0. The summed E-state index contributed by atoms with van der Waals surface area (Å²) in [5.41, 5.74) is -0.205. The Morgan fingerprint density at radius 3 is 1.76 bits per heavy atom. The zero-order valence-electron chi connectivity index (χ0n) is 18.6. The van der Waals surface area contributed by atoms with Gasteiger partial charge in [-0.2, -0.15) is 0 Å². The molecule has 10 heteroatoms. The highest BCUT2D eigenvalue weighted by Crippen LogP contribution is 2.31. The number of anilines is 1. The second-order valence-corrected chi connectivity index (χ2v) is 6.47. The Morgan fingerprint density at radius 1 is 0.727 bits per heavy atom. The minimum Gasteiger partial charge on any atom is -0.462 e. The van der Waals surface area contributed by atoms with Crippen LogP contribution in [0.2, 0.25) is 0 Å². The van der Waals surface area contributed by atoms with Gasteiger partial charge in [-0.25, -0.2) is 9.59 Å². The monoisotopic (exact) mass is 457 g/mol. The standard InChI is InChI=1S/C23H23NO9/c1-5-30-22(28)15-9-7-8-10-18(15)24-21(27)16-11-20(33-14(4)26)17(23(29)31-6-2)12-19(16)32-13(3)25/h7-12H,5-6H2,1-4H3,(H,24,27). The fourth-order valence-electron chi connectivity index (χ4n) is 2.75. The Hall–Kier alpha value is -4.21. The van der Waals surface area contributed by atoms with Crippen molar-refractivity contribution in [2.24, 2.45) is 0 Å². The molecule has 0 spiro atoms. The van der Waals surface area contributed by atoms with Crippen molar-refractivity contribution in [3.05, 3.63) is 53.1 Å². The molecule has 0 saturated carbocycles. The van der Waals surface area contributed by atoms with E-state index in [2.05, 4.69) is 5.32 Å². The topological polar surface area (TPSA) is 134 Å². The highest BCUT2D eigenvalue weighted by atomic mass is 16.6. The minimum absolute atomic E-state index is 0.0358. The van der Waals surface area contributed by atoms with E-state index in [0.717, 1.165) is 26.0 Å². The van der Waals surface area contributed by atoms with Gasteiger partial charge in [0, 0.05) is 19.9 Å². The molecule has 0 atom stereocenters. The summed E-state index contributed by atoms with van der Waals surface area (Å²) in [4.78, 5) is 60.8. The molecule has 0 saturated heterocycles. The fourth-order valence-corrected chi connectivity index (χ4v) is 2.75. The van der Waals surface area contributed by atoms with Crippen LogP contribution in [0.5, 0.6) is 11.5 Å². The molecule has 0 unspecified atom stereocenters. The third-order valence-electron chi connectivity index (χ3n) is 4.00. The number of rotatable bonds is 8. The molecule has 0 radical (unpaired) electrons. The molecule has 0 heterocycles. The molecule has 1 N–H and O–H groups in total. The number of esters is 4. The van der Waals surface area contributed by atoms with Crippen LogP contribution in [0.1, 0.15) is 58.8 Å². The lowest BCUT2D eigenvalue weighted by Crippen LogP contribution is -2.19. The first kappa shape index (κ1) is 25.1. The maximum Gasteiger partial charge on any atom is 0.342 e. The van der Waals surface area contributed by atoms with Crippen molar-refractivity contribution >= 4 is 35.5 Å². The van der Waals surface area contributed by atoms with Crippen molar-refractivity contribution in [2.75, 3.05) is 18.5 Å². The summed E-state index contributed by atoms with van der Waals surface area (Å²) in [5.74, 6) is -4.33. The summed E-state index contributed by atoms with van der Waals surface area (Å²) in [6, 6.07) is 8.29. The molecule has 0 aromatic heterocycles. The van der Waals surface area contributed by atoms with Gasteiger partial charge >= 0.3 is 23.9 Å². The van der Waals surface area contributed by atoms with Crippen LogP contribution in [0.4, 0.5) is 5.69 Å². The predicted octanol–water partition coefficient (Wildman–Crippen LogP) is 3.14. The Kier molecular flexibility index (Phi) is 8.67. The first-order valence-electron chi connectivity index (χ1n) is 9.97. The summed E-state index contributed by atoms with van der Waals surface area (Å²) in [7, 11) is 0. The van der Waals surface area contributed by atoms with Crippen LogP contribution in [0.15, 0.2) is 36.4 Å². The number of hydrogen-bond acceptors (Lipinski definition) is 9. The Bertz CT molecular complexity index is 1090. The van der Waals surface area contributed by atoms with Crippen molar-refractivity contribution in [1.29, 1.82) is 0 Å². The molecule has 174 valence electrons. The summed E-state index contributed by atoms with van der Waals surface area (Å²) < 4.78 is 20.1. The lowest BCUT2D eigenvalue weighted by atomic mass is 10.1. The third kappa shape index (κ3) is 6.63. The van der Waals surface area contributed by atoms with Crippen molar-refractivity contribution in [3.8, 4) is 11.5 Å². The third-order valence-corrected chi connectivity index (χ3v) is 4.00. The van der Waals surface area contributed by atoms with E-state index in [4.69, 9.17) is 18.9 Å². The van der Waals surface area contributed by atoms with E-state index >= 15 is 0 Å². The lowest BCUT2D eigenvalue weighted by Gasteiger charge is -2.15. The van der Waals surface area contributed by atoms with E-state index in [1.165, 1.54) is 12.1 Å². The van der Waals surface area contributed by atoms with E-state index in [1.807, 2.05) is 0 Å². The number of hydrogen-bond donors (Lipinski definition) is 1. The molecule has 2 rings (SSSR count). The molecule has 10 nitrogen and oxygen atoms in total. The Labute approximate surface area is 189 Å². The van der Waals surface area contributed by atoms with Gasteiger partial charge in [0.15, 0.2) is 0 Å². The first-order chi connectivity index (χ1) is 15.7. The second kappa shape index (κ2) is 11.4. The number of amides is 1. The Balaban J connectivity index is 2.56. The van der Waals surface area contributed by atoms with Gasteiger partial charge in [-0.1, -0.05) is 12.1 Å². The molecular formula is C23H23NO9.